The SMILES string of the molecule is COc1ccc(C(Br)Br)c(C(Br)Br)c1. The molecule has 0 N–H and O–H groups in total. The van der Waals surface area contributed by atoms with Crippen molar-refractivity contribution in [3.05, 3.63) is 29.3 Å². The van der Waals surface area contributed by atoms with Gasteiger partial charge < -0.3 is 4.74 Å². The Balaban J connectivity index is 3.17. The van der Waals surface area contributed by atoms with Crippen molar-refractivity contribution in [3.8, 4) is 5.75 Å². The first-order valence-electron chi connectivity index (χ1n) is 3.80. The van der Waals surface area contributed by atoms with Crippen molar-refractivity contribution in [1.82, 2.24) is 0 Å². The number of benzene rings is 1. The molecule has 0 bridgehead atoms. The molecule has 5 heteroatoms. The molecule has 0 aromatic heterocycles. The molecule has 0 atom stereocenters. The number of halogens is 4. The molecular weight excluding hydrogens is 444 g/mol. The van der Waals surface area contributed by atoms with Crippen molar-refractivity contribution in [1.29, 1.82) is 0 Å². The van der Waals surface area contributed by atoms with E-state index in [0.29, 0.717) is 0 Å². The van der Waals surface area contributed by atoms with Crippen molar-refractivity contribution in [2.45, 2.75) is 7.47 Å². The minimum Gasteiger partial charge on any atom is -0.497 e. The van der Waals surface area contributed by atoms with E-state index in [0.717, 1.165) is 11.3 Å². The second-order valence-electron chi connectivity index (χ2n) is 2.60. The maximum Gasteiger partial charge on any atom is 0.119 e. The van der Waals surface area contributed by atoms with Gasteiger partial charge in [-0.2, -0.15) is 0 Å². The molecule has 0 saturated heterocycles. The van der Waals surface area contributed by atoms with Crippen LogP contribution in [0.2, 0.25) is 0 Å². The summed E-state index contributed by atoms with van der Waals surface area (Å²) in [6, 6.07) is 5.97. The first kappa shape index (κ1) is 13.0. The van der Waals surface area contributed by atoms with E-state index in [1.54, 1.807) is 7.11 Å². The Bertz CT molecular complexity index is 312. The summed E-state index contributed by atoms with van der Waals surface area (Å²) in [7, 11) is 1.66. The number of hydrogen-bond acceptors (Lipinski definition) is 1. The van der Waals surface area contributed by atoms with Crippen molar-refractivity contribution in [2.24, 2.45) is 0 Å². The average molecular weight is 452 g/mol. The topological polar surface area (TPSA) is 9.23 Å². The van der Waals surface area contributed by atoms with E-state index in [9.17, 15) is 0 Å². The summed E-state index contributed by atoms with van der Waals surface area (Å²) < 4.78 is 5.44. The van der Waals surface area contributed by atoms with Gasteiger partial charge >= 0.3 is 0 Å². The van der Waals surface area contributed by atoms with E-state index in [4.69, 9.17) is 4.74 Å². The van der Waals surface area contributed by atoms with Crippen molar-refractivity contribution >= 4 is 63.7 Å². The molecule has 0 amide bonds. The molecule has 14 heavy (non-hydrogen) atoms. The zero-order chi connectivity index (χ0) is 10.7. The third-order valence-electron chi connectivity index (χ3n) is 1.76. The first-order chi connectivity index (χ1) is 6.56. The largest absolute Gasteiger partial charge is 0.497 e. The smallest absolute Gasteiger partial charge is 0.119 e. The fraction of sp³-hybridized carbons (Fsp3) is 0.333. The van der Waals surface area contributed by atoms with Gasteiger partial charge in [0.15, 0.2) is 0 Å². The van der Waals surface area contributed by atoms with Gasteiger partial charge in [-0.25, -0.2) is 0 Å². The molecule has 0 aliphatic heterocycles. The minimum atomic E-state index is 0.123. The van der Waals surface area contributed by atoms with Crippen LogP contribution in [0.15, 0.2) is 18.2 Å². The predicted molar refractivity (Wildman–Crippen MR) is 74.2 cm³/mol. The third-order valence-corrected chi connectivity index (χ3v) is 3.74. The highest BCUT2D eigenvalue weighted by atomic mass is 79.9. The van der Waals surface area contributed by atoms with Crippen LogP contribution in [0.1, 0.15) is 18.6 Å². The van der Waals surface area contributed by atoms with E-state index < -0.39 is 0 Å². The summed E-state index contributed by atoms with van der Waals surface area (Å²) in [5.41, 5.74) is 2.31. The van der Waals surface area contributed by atoms with Crippen LogP contribution in [0, 0.1) is 0 Å². The molecule has 1 aromatic carbocycles. The third kappa shape index (κ3) is 3.22. The lowest BCUT2D eigenvalue weighted by Crippen LogP contribution is -1.93. The monoisotopic (exact) mass is 448 g/mol. The molecule has 1 aromatic rings. The summed E-state index contributed by atoms with van der Waals surface area (Å²) >= 11 is 13.9. The van der Waals surface area contributed by atoms with Gasteiger partial charge in [0.2, 0.25) is 0 Å². The van der Waals surface area contributed by atoms with Crippen LogP contribution >= 0.6 is 63.7 Å². The molecule has 0 unspecified atom stereocenters. The Morgan fingerprint density at radius 3 is 2.00 bits per heavy atom. The van der Waals surface area contributed by atoms with Crippen LogP contribution in [0.4, 0.5) is 0 Å². The minimum absolute atomic E-state index is 0.123. The zero-order valence-electron chi connectivity index (χ0n) is 7.31. The van der Waals surface area contributed by atoms with Gasteiger partial charge in [-0.3, -0.25) is 0 Å². The summed E-state index contributed by atoms with van der Waals surface area (Å²) in [4.78, 5) is 0. The fourth-order valence-electron chi connectivity index (χ4n) is 1.07. The van der Waals surface area contributed by atoms with Gasteiger partial charge in [0.1, 0.15) is 5.75 Å². The lowest BCUT2D eigenvalue weighted by Gasteiger charge is -2.13. The van der Waals surface area contributed by atoms with Crippen LogP contribution < -0.4 is 4.74 Å². The highest BCUT2D eigenvalue weighted by molar-refractivity contribution is 9.24. The van der Waals surface area contributed by atoms with Gasteiger partial charge in [-0.05, 0) is 23.3 Å². The average Bonchev–Trinajstić information content (AvgIpc) is 2.16. The molecule has 0 heterocycles. The zero-order valence-corrected chi connectivity index (χ0v) is 13.7. The summed E-state index contributed by atoms with van der Waals surface area (Å²) in [5.74, 6) is 0.855. The van der Waals surface area contributed by atoms with Crippen LogP contribution in [0.5, 0.6) is 5.75 Å². The summed E-state index contributed by atoms with van der Waals surface area (Å²) in [6.45, 7) is 0. The van der Waals surface area contributed by atoms with Crippen LogP contribution in [0.3, 0.4) is 0 Å². The molecule has 0 saturated carbocycles. The van der Waals surface area contributed by atoms with E-state index in [1.165, 1.54) is 5.56 Å². The number of hydrogen-bond donors (Lipinski definition) is 0. The molecule has 0 spiro atoms. The van der Waals surface area contributed by atoms with Crippen LogP contribution in [-0.2, 0) is 0 Å². The second kappa shape index (κ2) is 5.87. The molecule has 1 rings (SSSR count). The van der Waals surface area contributed by atoms with Crippen molar-refractivity contribution in [3.63, 3.8) is 0 Å². The lowest BCUT2D eigenvalue weighted by atomic mass is 10.1. The normalized spacial score (nSPS) is 11.1. The van der Waals surface area contributed by atoms with E-state index in [1.807, 2.05) is 18.2 Å². The molecule has 0 radical (unpaired) electrons. The highest BCUT2D eigenvalue weighted by Gasteiger charge is 2.14. The second-order valence-corrected chi connectivity index (χ2v) is 8.72. The molecule has 0 aliphatic rings. The molecule has 0 aliphatic carbocycles. The summed E-state index contributed by atoms with van der Waals surface area (Å²) in [6.07, 6.45) is 0. The predicted octanol–water partition coefficient (Wildman–Crippen LogP) is 5.27. The number of alkyl halides is 4. The Morgan fingerprint density at radius 1 is 1.00 bits per heavy atom. The van der Waals surface area contributed by atoms with Crippen LogP contribution in [-0.4, -0.2) is 7.11 Å². The quantitative estimate of drug-likeness (QED) is 0.569. The fourth-order valence-corrected chi connectivity index (χ4v) is 2.69. The highest BCUT2D eigenvalue weighted by Crippen LogP contribution is 2.41. The number of ether oxygens (including phenoxy) is 1. The van der Waals surface area contributed by atoms with Gasteiger partial charge in [0.05, 0.1) is 14.6 Å². The maximum absolute atomic E-state index is 5.17. The lowest BCUT2D eigenvalue weighted by molar-refractivity contribution is 0.414. The van der Waals surface area contributed by atoms with Crippen molar-refractivity contribution < 1.29 is 4.74 Å². The molecular formula is C9H8Br4O. The van der Waals surface area contributed by atoms with Gasteiger partial charge in [-0.1, -0.05) is 69.8 Å². The van der Waals surface area contributed by atoms with Gasteiger partial charge in [0, 0.05) is 0 Å². The Morgan fingerprint density at radius 2 is 1.57 bits per heavy atom. The summed E-state index contributed by atoms with van der Waals surface area (Å²) in [5, 5.41) is 0. The van der Waals surface area contributed by atoms with Crippen LogP contribution in [0.25, 0.3) is 0 Å². The molecule has 1 nitrogen and oxygen atoms in total. The van der Waals surface area contributed by atoms with Gasteiger partial charge in [0.25, 0.3) is 0 Å². The van der Waals surface area contributed by atoms with Crippen molar-refractivity contribution in [2.75, 3.05) is 7.11 Å². The number of rotatable bonds is 3. The first-order valence-corrected chi connectivity index (χ1v) is 7.46. The Labute approximate surface area is 117 Å². The molecule has 78 valence electrons. The van der Waals surface area contributed by atoms with E-state index >= 15 is 0 Å². The standard InChI is InChI=1S/C9H8Br4O/c1-14-5-2-3-6(8(10)11)7(4-5)9(12)13/h2-4,8-9H,1H3. The molecule has 0 fully saturated rings. The maximum atomic E-state index is 5.17. The van der Waals surface area contributed by atoms with Gasteiger partial charge in [-0.15, -0.1) is 0 Å². The van der Waals surface area contributed by atoms with E-state index in [-0.39, 0.29) is 7.47 Å². The Kier molecular flexibility index (Phi) is 5.45. The Hall–Kier alpha value is 0.940. The van der Waals surface area contributed by atoms with E-state index in [2.05, 4.69) is 63.7 Å². The number of methoxy groups -OCH3 is 1.